The summed E-state index contributed by atoms with van der Waals surface area (Å²) in [6.45, 7) is 0.401. The summed E-state index contributed by atoms with van der Waals surface area (Å²) < 4.78 is 1.40. The van der Waals surface area contributed by atoms with Gasteiger partial charge in [0, 0.05) is 39.3 Å². The molecule has 1 N–H and O–H groups in total. The van der Waals surface area contributed by atoms with Crippen molar-refractivity contribution >= 4 is 11.9 Å². The molecule has 0 saturated carbocycles. The van der Waals surface area contributed by atoms with Crippen molar-refractivity contribution in [3.05, 3.63) is 34.2 Å². The monoisotopic (exact) mass is 252 g/mol. The summed E-state index contributed by atoms with van der Waals surface area (Å²) in [5, 5.41) is 8.71. The predicted octanol–water partition coefficient (Wildman–Crippen LogP) is 0.415. The summed E-state index contributed by atoms with van der Waals surface area (Å²) in [6.07, 6.45) is 2.34. The van der Waals surface area contributed by atoms with Gasteiger partial charge in [-0.15, -0.1) is 0 Å². The van der Waals surface area contributed by atoms with Crippen molar-refractivity contribution in [3.63, 3.8) is 0 Å². The molecule has 0 saturated heterocycles. The molecule has 1 aromatic heterocycles. The molecule has 0 aliphatic rings. The highest BCUT2D eigenvalue weighted by Gasteiger charge is 2.06. The van der Waals surface area contributed by atoms with Crippen molar-refractivity contribution in [3.8, 4) is 0 Å². The van der Waals surface area contributed by atoms with Crippen molar-refractivity contribution in [2.75, 3.05) is 14.1 Å². The first-order chi connectivity index (χ1) is 8.41. The second kappa shape index (κ2) is 6.00. The number of aryl methyl sites for hydroxylation is 1. The van der Waals surface area contributed by atoms with Gasteiger partial charge in [-0.1, -0.05) is 0 Å². The summed E-state index contributed by atoms with van der Waals surface area (Å²) in [4.78, 5) is 35.0. The van der Waals surface area contributed by atoms with Crippen molar-refractivity contribution in [1.82, 2.24) is 9.47 Å². The van der Waals surface area contributed by atoms with Gasteiger partial charge in [-0.25, -0.2) is 4.79 Å². The Morgan fingerprint density at radius 2 is 2.06 bits per heavy atom. The zero-order valence-electron chi connectivity index (χ0n) is 10.4. The Morgan fingerprint density at radius 3 is 2.56 bits per heavy atom. The molecule has 1 aromatic rings. The first-order valence-corrected chi connectivity index (χ1v) is 5.55. The highest BCUT2D eigenvalue weighted by Crippen LogP contribution is 1.99. The number of aromatic carboxylic acids is 1. The molecule has 0 aromatic carbocycles. The third-order valence-corrected chi connectivity index (χ3v) is 2.53. The van der Waals surface area contributed by atoms with Crippen LogP contribution < -0.4 is 5.56 Å². The summed E-state index contributed by atoms with van der Waals surface area (Å²) in [7, 11) is 3.35. The number of hydrogen-bond donors (Lipinski definition) is 1. The van der Waals surface area contributed by atoms with Crippen LogP contribution in [0, 0.1) is 0 Å². The Hall–Kier alpha value is -2.11. The summed E-state index contributed by atoms with van der Waals surface area (Å²) in [6, 6.07) is 2.45. The Balaban J connectivity index is 2.61. The molecule has 0 aliphatic heterocycles. The average molecular weight is 252 g/mol. The maximum absolute atomic E-state index is 11.6. The van der Waals surface area contributed by atoms with Gasteiger partial charge in [-0.05, 0) is 12.5 Å². The number of rotatable bonds is 5. The highest BCUT2D eigenvalue weighted by molar-refractivity contribution is 5.87. The van der Waals surface area contributed by atoms with Gasteiger partial charge in [-0.2, -0.15) is 0 Å². The fourth-order valence-electron chi connectivity index (χ4n) is 1.45. The standard InChI is InChI=1S/C12H16N2O4/c1-13(2)10(15)4-3-6-14-7-5-9(12(17)18)8-11(14)16/h5,7-8H,3-4,6H2,1-2H3,(H,17,18). The molecule has 18 heavy (non-hydrogen) atoms. The van der Waals surface area contributed by atoms with Crippen LogP contribution in [0.25, 0.3) is 0 Å². The number of hydrogen-bond acceptors (Lipinski definition) is 3. The van der Waals surface area contributed by atoms with Crippen LogP contribution in [0.2, 0.25) is 0 Å². The van der Waals surface area contributed by atoms with E-state index >= 15 is 0 Å². The van der Waals surface area contributed by atoms with Gasteiger partial charge < -0.3 is 14.6 Å². The normalized spacial score (nSPS) is 10.1. The van der Waals surface area contributed by atoms with Crippen molar-refractivity contribution in [1.29, 1.82) is 0 Å². The van der Waals surface area contributed by atoms with Crippen LogP contribution in [-0.2, 0) is 11.3 Å². The Morgan fingerprint density at radius 1 is 1.39 bits per heavy atom. The van der Waals surface area contributed by atoms with E-state index in [2.05, 4.69) is 0 Å². The number of pyridine rings is 1. The van der Waals surface area contributed by atoms with Crippen LogP contribution in [0.1, 0.15) is 23.2 Å². The third kappa shape index (κ3) is 3.73. The molecule has 1 heterocycles. The maximum Gasteiger partial charge on any atom is 0.335 e. The van der Waals surface area contributed by atoms with E-state index in [9.17, 15) is 14.4 Å². The van der Waals surface area contributed by atoms with Gasteiger partial charge in [0.2, 0.25) is 5.91 Å². The molecular formula is C12H16N2O4. The average Bonchev–Trinajstić information content (AvgIpc) is 2.30. The lowest BCUT2D eigenvalue weighted by Crippen LogP contribution is -2.24. The second-order valence-electron chi connectivity index (χ2n) is 4.14. The Bertz CT molecular complexity index is 505. The number of carbonyl (C=O) groups excluding carboxylic acids is 1. The molecule has 6 nitrogen and oxygen atoms in total. The largest absolute Gasteiger partial charge is 0.478 e. The quantitative estimate of drug-likeness (QED) is 0.823. The lowest BCUT2D eigenvalue weighted by Gasteiger charge is -2.10. The fourth-order valence-corrected chi connectivity index (χ4v) is 1.45. The molecule has 0 atom stereocenters. The number of nitrogens with zero attached hydrogens (tertiary/aromatic N) is 2. The van der Waals surface area contributed by atoms with Crippen molar-refractivity contribution in [2.24, 2.45) is 0 Å². The van der Waals surface area contributed by atoms with E-state index in [1.165, 1.54) is 21.7 Å². The molecule has 1 rings (SSSR count). The van der Waals surface area contributed by atoms with E-state index in [4.69, 9.17) is 5.11 Å². The van der Waals surface area contributed by atoms with E-state index in [1.54, 1.807) is 14.1 Å². The van der Waals surface area contributed by atoms with Crippen molar-refractivity contribution in [2.45, 2.75) is 19.4 Å². The van der Waals surface area contributed by atoms with Crippen LogP contribution in [0.4, 0.5) is 0 Å². The van der Waals surface area contributed by atoms with E-state index in [0.29, 0.717) is 19.4 Å². The van der Waals surface area contributed by atoms with Crippen LogP contribution in [0.15, 0.2) is 23.1 Å². The molecule has 0 bridgehead atoms. The smallest absolute Gasteiger partial charge is 0.335 e. The summed E-state index contributed by atoms with van der Waals surface area (Å²) in [5.74, 6) is -1.12. The first-order valence-electron chi connectivity index (χ1n) is 5.55. The number of amides is 1. The molecule has 98 valence electrons. The molecule has 6 heteroatoms. The lowest BCUT2D eigenvalue weighted by molar-refractivity contribution is -0.128. The zero-order chi connectivity index (χ0) is 13.7. The number of aromatic nitrogens is 1. The van der Waals surface area contributed by atoms with E-state index in [1.807, 2.05) is 0 Å². The van der Waals surface area contributed by atoms with Crippen LogP contribution >= 0.6 is 0 Å². The minimum absolute atomic E-state index is 0.00482. The van der Waals surface area contributed by atoms with E-state index < -0.39 is 5.97 Å². The molecule has 1 amide bonds. The number of carboxylic acids is 1. The minimum Gasteiger partial charge on any atom is -0.478 e. The van der Waals surface area contributed by atoms with Gasteiger partial charge in [0.1, 0.15) is 0 Å². The Kier molecular flexibility index (Phi) is 4.65. The molecule has 0 aliphatic carbocycles. The van der Waals surface area contributed by atoms with Crippen molar-refractivity contribution < 1.29 is 14.7 Å². The Labute approximate surface area is 104 Å². The SMILES string of the molecule is CN(C)C(=O)CCCn1ccc(C(=O)O)cc1=O. The van der Waals surface area contributed by atoms with Gasteiger partial charge in [-0.3, -0.25) is 9.59 Å². The molecule has 0 unspecified atom stereocenters. The van der Waals surface area contributed by atoms with Gasteiger partial charge in [0.25, 0.3) is 5.56 Å². The molecule has 0 spiro atoms. The zero-order valence-corrected chi connectivity index (χ0v) is 10.4. The number of carbonyl (C=O) groups is 2. The highest BCUT2D eigenvalue weighted by atomic mass is 16.4. The predicted molar refractivity (Wildman–Crippen MR) is 65.6 cm³/mol. The maximum atomic E-state index is 11.6. The molecule has 0 radical (unpaired) electrons. The van der Waals surface area contributed by atoms with E-state index in [-0.39, 0.29) is 17.0 Å². The van der Waals surface area contributed by atoms with Gasteiger partial charge >= 0.3 is 5.97 Å². The lowest BCUT2D eigenvalue weighted by atomic mass is 10.2. The topological polar surface area (TPSA) is 79.6 Å². The summed E-state index contributed by atoms with van der Waals surface area (Å²) in [5.41, 5.74) is -0.396. The first kappa shape index (κ1) is 14.0. The van der Waals surface area contributed by atoms with Gasteiger partial charge in [0.15, 0.2) is 0 Å². The van der Waals surface area contributed by atoms with E-state index in [0.717, 1.165) is 6.07 Å². The van der Waals surface area contributed by atoms with Crippen LogP contribution in [-0.4, -0.2) is 40.5 Å². The molecular weight excluding hydrogens is 236 g/mol. The second-order valence-corrected chi connectivity index (χ2v) is 4.14. The van der Waals surface area contributed by atoms with Crippen LogP contribution in [0.3, 0.4) is 0 Å². The van der Waals surface area contributed by atoms with Crippen LogP contribution in [0.5, 0.6) is 0 Å². The summed E-state index contributed by atoms with van der Waals surface area (Å²) >= 11 is 0. The number of carboxylic acid groups (broad SMARTS) is 1. The molecule has 0 fully saturated rings. The van der Waals surface area contributed by atoms with Gasteiger partial charge in [0.05, 0.1) is 5.56 Å². The minimum atomic E-state index is -1.12. The third-order valence-electron chi connectivity index (χ3n) is 2.53. The fraction of sp³-hybridized carbons (Fsp3) is 0.417.